The second-order valence-corrected chi connectivity index (χ2v) is 4.37. The topological polar surface area (TPSA) is 58.9 Å². The number of aliphatic imine (C=N–C) groups is 2. The maximum atomic E-state index is 9.89. The first-order valence-electron chi connectivity index (χ1n) is 3.10. The molecule has 0 saturated carbocycles. The summed E-state index contributed by atoms with van der Waals surface area (Å²) in [6.07, 6.45) is 2.99. The van der Waals surface area contributed by atoms with Crippen LogP contribution in [0, 0.1) is 0 Å². The summed E-state index contributed by atoms with van der Waals surface area (Å²) < 4.78 is 0. The fourth-order valence-corrected chi connectivity index (χ4v) is 3.46. The monoisotopic (exact) mass is 218 g/mol. The summed E-state index contributed by atoms with van der Waals surface area (Å²) in [7, 11) is 0. The standard InChI is InChI=1S/C6H6N2O2Se/c9-3-7-5-1-11-2-6(5)8-4-10/h5-6H,1-2H2. The van der Waals surface area contributed by atoms with Gasteiger partial charge in [0.1, 0.15) is 0 Å². The number of hydrogen-bond donors (Lipinski definition) is 0. The molecule has 11 heavy (non-hydrogen) atoms. The molecule has 1 saturated heterocycles. The van der Waals surface area contributed by atoms with E-state index in [1.807, 2.05) is 0 Å². The number of nitrogens with zero attached hydrogens (tertiary/aromatic N) is 2. The third-order valence-corrected chi connectivity index (χ3v) is 3.88. The Morgan fingerprint density at radius 1 is 1.09 bits per heavy atom. The van der Waals surface area contributed by atoms with E-state index < -0.39 is 0 Å². The van der Waals surface area contributed by atoms with Gasteiger partial charge in [-0.2, -0.15) is 0 Å². The van der Waals surface area contributed by atoms with Crippen molar-refractivity contribution >= 4 is 27.1 Å². The van der Waals surface area contributed by atoms with Gasteiger partial charge in [0.05, 0.1) is 0 Å². The normalized spacial score (nSPS) is 28.7. The molecule has 2 unspecified atom stereocenters. The maximum absolute atomic E-state index is 9.89. The quantitative estimate of drug-likeness (QED) is 0.370. The molecule has 0 amide bonds. The van der Waals surface area contributed by atoms with Crippen molar-refractivity contribution in [2.75, 3.05) is 0 Å². The van der Waals surface area contributed by atoms with Gasteiger partial charge in [-0.15, -0.1) is 0 Å². The predicted molar refractivity (Wildman–Crippen MR) is 39.2 cm³/mol. The van der Waals surface area contributed by atoms with Gasteiger partial charge in [-0.3, -0.25) is 0 Å². The molecule has 4 nitrogen and oxygen atoms in total. The molecule has 0 aromatic rings. The zero-order chi connectivity index (χ0) is 8.10. The molecule has 5 heteroatoms. The molecule has 1 fully saturated rings. The summed E-state index contributed by atoms with van der Waals surface area (Å²) in [5.41, 5.74) is 0. The van der Waals surface area contributed by atoms with E-state index in [1.54, 1.807) is 0 Å². The van der Waals surface area contributed by atoms with E-state index in [1.165, 1.54) is 12.2 Å². The van der Waals surface area contributed by atoms with Gasteiger partial charge < -0.3 is 0 Å². The minimum absolute atomic E-state index is 0.103. The molecule has 0 radical (unpaired) electrons. The molecule has 1 rings (SSSR count). The van der Waals surface area contributed by atoms with E-state index in [0.29, 0.717) is 15.0 Å². The van der Waals surface area contributed by atoms with Crippen LogP contribution in [0.4, 0.5) is 0 Å². The SMILES string of the molecule is O=C=NC1C[Se]CC1N=C=O. The van der Waals surface area contributed by atoms with Crippen LogP contribution in [0.3, 0.4) is 0 Å². The van der Waals surface area contributed by atoms with E-state index in [9.17, 15) is 9.59 Å². The Morgan fingerprint density at radius 3 is 1.91 bits per heavy atom. The van der Waals surface area contributed by atoms with Crippen molar-refractivity contribution in [1.82, 2.24) is 0 Å². The Labute approximate surface area is 70.0 Å². The molecule has 1 aliphatic heterocycles. The Kier molecular flexibility index (Phi) is 3.21. The van der Waals surface area contributed by atoms with E-state index in [2.05, 4.69) is 9.98 Å². The molecule has 0 aliphatic carbocycles. The first-order chi connectivity index (χ1) is 5.38. The number of carbonyl (C=O) groups excluding carboxylic acids is 2. The van der Waals surface area contributed by atoms with Crippen LogP contribution >= 0.6 is 0 Å². The molecule has 0 aromatic carbocycles. The number of isocyanates is 2. The first kappa shape index (κ1) is 8.38. The Hall–Kier alpha value is -0.721. The number of hydrogen-bond acceptors (Lipinski definition) is 4. The minimum atomic E-state index is -0.103. The molecule has 0 aromatic heterocycles. The van der Waals surface area contributed by atoms with Crippen molar-refractivity contribution < 1.29 is 9.59 Å². The first-order valence-corrected chi connectivity index (χ1v) is 5.52. The molecular formula is C6H6N2O2Se. The number of rotatable bonds is 2. The van der Waals surface area contributed by atoms with Gasteiger partial charge in [0.25, 0.3) is 0 Å². The van der Waals surface area contributed by atoms with Crippen LogP contribution < -0.4 is 0 Å². The summed E-state index contributed by atoms with van der Waals surface area (Å²) in [5.74, 6) is 0. The molecule has 1 heterocycles. The van der Waals surface area contributed by atoms with E-state index in [-0.39, 0.29) is 12.1 Å². The van der Waals surface area contributed by atoms with Gasteiger partial charge in [-0.05, 0) is 0 Å². The van der Waals surface area contributed by atoms with E-state index >= 15 is 0 Å². The average molecular weight is 217 g/mol. The van der Waals surface area contributed by atoms with Crippen LogP contribution in [0.15, 0.2) is 9.98 Å². The third-order valence-electron chi connectivity index (χ3n) is 1.46. The zero-order valence-corrected chi connectivity index (χ0v) is 7.40. The summed E-state index contributed by atoms with van der Waals surface area (Å²) >= 11 is 0.468. The molecule has 0 bridgehead atoms. The molecule has 0 spiro atoms. The van der Waals surface area contributed by atoms with Crippen molar-refractivity contribution in [3.05, 3.63) is 0 Å². The summed E-state index contributed by atoms with van der Waals surface area (Å²) in [6, 6.07) is -0.206. The van der Waals surface area contributed by atoms with Crippen LogP contribution in [-0.4, -0.2) is 39.2 Å². The second kappa shape index (κ2) is 4.22. The van der Waals surface area contributed by atoms with Crippen molar-refractivity contribution in [3.63, 3.8) is 0 Å². The summed E-state index contributed by atoms with van der Waals surface area (Å²) in [6.45, 7) is 0. The fourth-order valence-electron chi connectivity index (χ4n) is 0.914. The average Bonchev–Trinajstić information content (AvgIpc) is 2.39. The van der Waals surface area contributed by atoms with E-state index in [4.69, 9.17) is 0 Å². The van der Waals surface area contributed by atoms with Crippen LogP contribution in [0.5, 0.6) is 0 Å². The van der Waals surface area contributed by atoms with Gasteiger partial charge >= 0.3 is 69.4 Å². The van der Waals surface area contributed by atoms with Crippen molar-refractivity contribution in [3.8, 4) is 0 Å². The van der Waals surface area contributed by atoms with Crippen LogP contribution in [0.25, 0.3) is 0 Å². The molecule has 58 valence electrons. The molecule has 1 aliphatic rings. The van der Waals surface area contributed by atoms with Gasteiger partial charge in [-0.1, -0.05) is 0 Å². The second-order valence-electron chi connectivity index (χ2n) is 2.11. The van der Waals surface area contributed by atoms with Crippen molar-refractivity contribution in [2.24, 2.45) is 9.98 Å². The molecule has 0 N–H and O–H groups in total. The Bertz CT molecular complexity index is 207. The van der Waals surface area contributed by atoms with Crippen LogP contribution in [0.2, 0.25) is 10.6 Å². The zero-order valence-electron chi connectivity index (χ0n) is 5.69. The molecule has 2 atom stereocenters. The van der Waals surface area contributed by atoms with Gasteiger partial charge in [-0.25, -0.2) is 0 Å². The predicted octanol–water partition coefficient (Wildman–Crippen LogP) is -0.0504. The summed E-state index contributed by atoms with van der Waals surface area (Å²) in [5, 5.41) is 1.77. The van der Waals surface area contributed by atoms with Gasteiger partial charge in [0.15, 0.2) is 0 Å². The fraction of sp³-hybridized carbons (Fsp3) is 0.667. The van der Waals surface area contributed by atoms with Crippen molar-refractivity contribution in [1.29, 1.82) is 0 Å². The van der Waals surface area contributed by atoms with Gasteiger partial charge in [0.2, 0.25) is 0 Å². The third kappa shape index (κ3) is 2.11. The Balaban J connectivity index is 2.64. The van der Waals surface area contributed by atoms with Gasteiger partial charge in [0, 0.05) is 0 Å². The van der Waals surface area contributed by atoms with Crippen molar-refractivity contribution in [2.45, 2.75) is 22.7 Å². The van der Waals surface area contributed by atoms with Crippen LogP contribution in [0.1, 0.15) is 0 Å². The van der Waals surface area contributed by atoms with E-state index in [0.717, 1.165) is 10.6 Å². The molecular weight excluding hydrogens is 211 g/mol. The Morgan fingerprint density at radius 2 is 1.55 bits per heavy atom. The van der Waals surface area contributed by atoms with Crippen LogP contribution in [-0.2, 0) is 9.59 Å². The summed E-state index contributed by atoms with van der Waals surface area (Å²) in [4.78, 5) is 26.9.